The Balaban J connectivity index is 1.87. The van der Waals surface area contributed by atoms with E-state index in [2.05, 4.69) is 24.3 Å². The van der Waals surface area contributed by atoms with E-state index in [4.69, 9.17) is 9.47 Å². The Morgan fingerprint density at radius 3 is 2.50 bits per heavy atom. The zero-order chi connectivity index (χ0) is 17.3. The average molecular weight is 330 g/mol. The Hall–Kier alpha value is -1.46. The molecular formula is C20H26O4. The summed E-state index contributed by atoms with van der Waals surface area (Å²) in [6, 6.07) is 14.4. The van der Waals surface area contributed by atoms with Gasteiger partial charge in [-0.1, -0.05) is 36.4 Å². The molecule has 2 aromatic carbocycles. The molecule has 1 saturated heterocycles. The van der Waals surface area contributed by atoms with E-state index in [0.29, 0.717) is 6.42 Å². The highest BCUT2D eigenvalue weighted by atomic mass is 16.6. The van der Waals surface area contributed by atoms with Gasteiger partial charge < -0.3 is 19.7 Å². The summed E-state index contributed by atoms with van der Waals surface area (Å²) in [5.74, 6) is 0. The third-order valence-electron chi connectivity index (χ3n) is 4.38. The molecule has 2 aromatic rings. The fourth-order valence-electron chi connectivity index (χ4n) is 3.28. The number of aliphatic hydroxyl groups excluding tert-OH is 2. The molecule has 0 amide bonds. The maximum Gasteiger partial charge on any atom is 0.110 e. The summed E-state index contributed by atoms with van der Waals surface area (Å²) in [5, 5.41) is 22.3. The maximum atomic E-state index is 10.4. The van der Waals surface area contributed by atoms with Crippen molar-refractivity contribution in [1.82, 2.24) is 0 Å². The summed E-state index contributed by atoms with van der Waals surface area (Å²) >= 11 is 0. The topological polar surface area (TPSA) is 58.9 Å². The summed E-state index contributed by atoms with van der Waals surface area (Å²) in [4.78, 5) is 0. The Kier molecular flexibility index (Phi) is 4.92. The number of ether oxygens (including phenoxy) is 2. The molecule has 130 valence electrons. The normalized spacial score (nSPS) is 28.2. The minimum absolute atomic E-state index is 0.206. The summed E-state index contributed by atoms with van der Waals surface area (Å²) in [7, 11) is 0. The largest absolute Gasteiger partial charge is 0.394 e. The lowest BCUT2D eigenvalue weighted by atomic mass is 9.92. The molecule has 2 N–H and O–H groups in total. The monoisotopic (exact) mass is 330 g/mol. The van der Waals surface area contributed by atoms with Gasteiger partial charge in [-0.15, -0.1) is 0 Å². The predicted molar refractivity (Wildman–Crippen MR) is 93.9 cm³/mol. The number of aliphatic hydroxyl groups is 2. The van der Waals surface area contributed by atoms with Crippen LogP contribution in [0.4, 0.5) is 0 Å². The van der Waals surface area contributed by atoms with Crippen LogP contribution in [-0.4, -0.2) is 40.7 Å². The minimum Gasteiger partial charge on any atom is -0.394 e. The van der Waals surface area contributed by atoms with E-state index in [9.17, 15) is 10.2 Å². The fourth-order valence-corrected chi connectivity index (χ4v) is 3.28. The predicted octanol–water partition coefficient (Wildman–Crippen LogP) is 3.21. The summed E-state index contributed by atoms with van der Waals surface area (Å²) in [5.41, 5.74) is 0.679. The molecule has 0 radical (unpaired) electrons. The highest BCUT2D eigenvalue weighted by molar-refractivity contribution is 5.83. The average Bonchev–Trinajstić information content (AvgIpc) is 2.55. The Bertz CT molecular complexity index is 691. The summed E-state index contributed by atoms with van der Waals surface area (Å²) in [6.07, 6.45) is -1.48. The molecule has 0 bridgehead atoms. The van der Waals surface area contributed by atoms with Crippen molar-refractivity contribution in [2.75, 3.05) is 6.61 Å². The van der Waals surface area contributed by atoms with Gasteiger partial charge in [-0.2, -0.15) is 0 Å². The van der Waals surface area contributed by atoms with Gasteiger partial charge in [0, 0.05) is 6.42 Å². The molecule has 24 heavy (non-hydrogen) atoms. The van der Waals surface area contributed by atoms with Crippen LogP contribution >= 0.6 is 0 Å². The van der Waals surface area contributed by atoms with E-state index < -0.39 is 12.2 Å². The van der Waals surface area contributed by atoms with Crippen molar-refractivity contribution in [3.8, 4) is 0 Å². The molecule has 0 unspecified atom stereocenters. The van der Waals surface area contributed by atoms with Crippen LogP contribution in [0.3, 0.4) is 0 Å². The van der Waals surface area contributed by atoms with Gasteiger partial charge in [0.1, 0.15) is 12.2 Å². The standard InChI is InChI=1S/C20H26O4/c1-20(2,3)24-17-11-16(23-18(12-21)19(17)22)15-9-8-13-6-4-5-7-14(13)10-15/h4-10,16-19,21-22H,11-12H2,1-3H3/t16-,17-,18-,19+/m1/s1. The summed E-state index contributed by atoms with van der Waals surface area (Å²) in [6.45, 7) is 5.67. The summed E-state index contributed by atoms with van der Waals surface area (Å²) < 4.78 is 12.0. The zero-order valence-corrected chi connectivity index (χ0v) is 14.5. The molecule has 3 rings (SSSR count). The second-order valence-corrected chi connectivity index (χ2v) is 7.45. The molecule has 0 spiro atoms. The van der Waals surface area contributed by atoms with E-state index in [1.54, 1.807) is 0 Å². The smallest absolute Gasteiger partial charge is 0.110 e. The number of fused-ring (bicyclic) bond motifs is 1. The van der Waals surface area contributed by atoms with E-state index in [1.165, 1.54) is 5.39 Å². The molecule has 4 atom stereocenters. The fraction of sp³-hybridized carbons (Fsp3) is 0.500. The first-order chi connectivity index (χ1) is 11.4. The molecule has 1 aliphatic rings. The van der Waals surface area contributed by atoms with Crippen molar-refractivity contribution in [2.24, 2.45) is 0 Å². The van der Waals surface area contributed by atoms with Crippen LogP contribution in [0.5, 0.6) is 0 Å². The SMILES string of the molecule is CC(C)(C)O[C@@H]1C[C@H](c2ccc3ccccc3c2)O[C@H](CO)[C@H]1O. The van der Waals surface area contributed by atoms with Crippen LogP contribution in [0, 0.1) is 0 Å². The highest BCUT2D eigenvalue weighted by Crippen LogP contribution is 2.35. The zero-order valence-electron chi connectivity index (χ0n) is 14.5. The second kappa shape index (κ2) is 6.81. The van der Waals surface area contributed by atoms with Crippen LogP contribution in [0.2, 0.25) is 0 Å². The number of hydrogen-bond acceptors (Lipinski definition) is 4. The third kappa shape index (κ3) is 3.78. The molecule has 4 heteroatoms. The van der Waals surface area contributed by atoms with Crippen LogP contribution in [-0.2, 0) is 9.47 Å². The van der Waals surface area contributed by atoms with Gasteiger partial charge in [0.15, 0.2) is 0 Å². The second-order valence-electron chi connectivity index (χ2n) is 7.45. The molecular weight excluding hydrogens is 304 g/mol. The van der Waals surface area contributed by atoms with E-state index in [-0.39, 0.29) is 24.4 Å². The molecule has 1 heterocycles. The molecule has 1 fully saturated rings. The van der Waals surface area contributed by atoms with Gasteiger partial charge in [0.05, 0.1) is 24.4 Å². The van der Waals surface area contributed by atoms with Gasteiger partial charge in [0.2, 0.25) is 0 Å². The van der Waals surface area contributed by atoms with Crippen molar-refractivity contribution in [3.63, 3.8) is 0 Å². The number of benzene rings is 2. The van der Waals surface area contributed by atoms with Crippen molar-refractivity contribution >= 4 is 10.8 Å². The number of hydrogen-bond donors (Lipinski definition) is 2. The Morgan fingerprint density at radius 2 is 1.83 bits per heavy atom. The minimum atomic E-state index is -0.828. The number of rotatable bonds is 3. The van der Waals surface area contributed by atoms with Crippen LogP contribution < -0.4 is 0 Å². The highest BCUT2D eigenvalue weighted by Gasteiger charge is 2.40. The lowest BCUT2D eigenvalue weighted by Crippen LogP contribution is -2.50. The lowest BCUT2D eigenvalue weighted by molar-refractivity contribution is -0.217. The van der Waals surface area contributed by atoms with Crippen molar-refractivity contribution in [3.05, 3.63) is 48.0 Å². The van der Waals surface area contributed by atoms with Crippen molar-refractivity contribution in [2.45, 2.75) is 57.2 Å². The first-order valence-electron chi connectivity index (χ1n) is 8.48. The lowest BCUT2D eigenvalue weighted by Gasteiger charge is -2.41. The van der Waals surface area contributed by atoms with Crippen LogP contribution in [0.15, 0.2) is 42.5 Å². The Morgan fingerprint density at radius 1 is 1.12 bits per heavy atom. The van der Waals surface area contributed by atoms with E-state index >= 15 is 0 Å². The Labute approximate surface area is 143 Å². The molecule has 1 aliphatic heterocycles. The molecule has 0 saturated carbocycles. The first kappa shape index (κ1) is 17.4. The quantitative estimate of drug-likeness (QED) is 0.907. The van der Waals surface area contributed by atoms with Crippen LogP contribution in [0.1, 0.15) is 38.9 Å². The van der Waals surface area contributed by atoms with E-state index in [0.717, 1.165) is 10.9 Å². The van der Waals surface area contributed by atoms with Gasteiger partial charge in [-0.25, -0.2) is 0 Å². The van der Waals surface area contributed by atoms with Gasteiger partial charge >= 0.3 is 0 Å². The van der Waals surface area contributed by atoms with Gasteiger partial charge in [-0.3, -0.25) is 0 Å². The molecule has 4 nitrogen and oxygen atoms in total. The van der Waals surface area contributed by atoms with Gasteiger partial charge in [0.25, 0.3) is 0 Å². The molecule has 0 aliphatic carbocycles. The van der Waals surface area contributed by atoms with Crippen LogP contribution in [0.25, 0.3) is 10.8 Å². The van der Waals surface area contributed by atoms with E-state index in [1.807, 2.05) is 39.0 Å². The molecule has 0 aromatic heterocycles. The maximum absolute atomic E-state index is 10.4. The van der Waals surface area contributed by atoms with Crippen molar-refractivity contribution in [1.29, 1.82) is 0 Å². The third-order valence-corrected chi connectivity index (χ3v) is 4.38. The first-order valence-corrected chi connectivity index (χ1v) is 8.48. The van der Waals surface area contributed by atoms with Gasteiger partial charge in [-0.05, 0) is 43.2 Å². The van der Waals surface area contributed by atoms with Crippen molar-refractivity contribution < 1.29 is 19.7 Å².